The summed E-state index contributed by atoms with van der Waals surface area (Å²) in [6.45, 7) is 3.75. The Morgan fingerprint density at radius 1 is 0.914 bits per heavy atom. The third kappa shape index (κ3) is 5.67. The molecule has 2 aromatic carbocycles. The van der Waals surface area contributed by atoms with Crippen LogP contribution in [0.5, 0.6) is 5.75 Å². The molecular formula is C27H22FN3O4. The smallest absolute Gasteiger partial charge is 0.272 e. The van der Waals surface area contributed by atoms with E-state index in [1.807, 2.05) is 13.8 Å². The van der Waals surface area contributed by atoms with Crippen LogP contribution in [0.4, 0.5) is 4.39 Å². The van der Waals surface area contributed by atoms with Gasteiger partial charge in [-0.05, 0) is 74.0 Å². The molecule has 0 radical (unpaired) electrons. The van der Waals surface area contributed by atoms with Gasteiger partial charge in [-0.2, -0.15) is 0 Å². The zero-order chi connectivity index (χ0) is 24.9. The number of benzene rings is 2. The van der Waals surface area contributed by atoms with Crippen LogP contribution in [0, 0.1) is 5.82 Å². The van der Waals surface area contributed by atoms with Crippen molar-refractivity contribution in [1.29, 1.82) is 0 Å². The number of carbonyl (C=O) groups excluding carboxylic acids is 1. The van der Waals surface area contributed by atoms with Crippen molar-refractivity contribution in [1.82, 2.24) is 15.0 Å². The van der Waals surface area contributed by atoms with E-state index >= 15 is 0 Å². The van der Waals surface area contributed by atoms with E-state index in [4.69, 9.17) is 4.74 Å². The number of aromatic nitrogens is 3. The molecule has 0 atom stereocenters. The van der Waals surface area contributed by atoms with Gasteiger partial charge in [-0.15, -0.1) is 0 Å². The van der Waals surface area contributed by atoms with Crippen molar-refractivity contribution in [3.63, 3.8) is 0 Å². The van der Waals surface area contributed by atoms with Gasteiger partial charge in [0.15, 0.2) is 5.78 Å². The molecule has 0 spiro atoms. The zero-order valence-electron chi connectivity index (χ0n) is 19.0. The Morgan fingerprint density at radius 2 is 1.60 bits per heavy atom. The number of pyridine rings is 1. The lowest BCUT2D eigenvalue weighted by atomic mass is 10.0. The summed E-state index contributed by atoms with van der Waals surface area (Å²) in [5.41, 5.74) is 0.607. The van der Waals surface area contributed by atoms with E-state index in [-0.39, 0.29) is 22.6 Å². The monoisotopic (exact) mass is 471 g/mol. The first-order valence-electron chi connectivity index (χ1n) is 10.9. The number of ether oxygens (including phenoxy) is 1. The standard InChI is InChI=1S/C27H22FN3O4/c1-16(2)35-24-7-4-12-29-21(24)15-23-27(34)30-22(26(33)31-23)14-17-5-3-6-19(13-17)25(32)18-8-10-20(28)11-9-18/h3-16H,1-2H3,(H,30,34)(H,31,33). The molecule has 4 aromatic rings. The maximum Gasteiger partial charge on any atom is 0.272 e. The number of nitrogens with zero attached hydrogens (tertiary/aromatic N) is 1. The summed E-state index contributed by atoms with van der Waals surface area (Å²) in [4.78, 5) is 47.5. The van der Waals surface area contributed by atoms with Crippen molar-refractivity contribution in [3.05, 3.63) is 126 Å². The number of H-pyrrole nitrogens is 2. The van der Waals surface area contributed by atoms with Crippen LogP contribution in [0.3, 0.4) is 0 Å². The molecule has 2 aromatic heterocycles. The molecule has 0 bridgehead atoms. The summed E-state index contributed by atoms with van der Waals surface area (Å²) in [5.74, 6) is -0.234. The average molecular weight is 471 g/mol. The number of rotatable bonds is 6. The van der Waals surface area contributed by atoms with Crippen LogP contribution >= 0.6 is 0 Å². The highest BCUT2D eigenvalue weighted by Gasteiger charge is 2.10. The van der Waals surface area contributed by atoms with Crippen molar-refractivity contribution < 1.29 is 13.9 Å². The SMILES string of the molecule is CC(C)Oc1cccnc1C=c1[nH]c(=O)c(=Cc2cccc(C(=O)c3ccc(F)cc3)c2)[nH]c1=O. The van der Waals surface area contributed by atoms with Gasteiger partial charge < -0.3 is 14.7 Å². The lowest BCUT2D eigenvalue weighted by Crippen LogP contribution is -2.46. The maximum atomic E-state index is 13.2. The van der Waals surface area contributed by atoms with Gasteiger partial charge in [0.25, 0.3) is 11.1 Å². The summed E-state index contributed by atoms with van der Waals surface area (Å²) >= 11 is 0. The van der Waals surface area contributed by atoms with Crippen molar-refractivity contribution in [2.45, 2.75) is 20.0 Å². The molecule has 8 heteroatoms. The zero-order valence-corrected chi connectivity index (χ0v) is 19.0. The number of hydrogen-bond acceptors (Lipinski definition) is 5. The van der Waals surface area contributed by atoms with Gasteiger partial charge in [0.2, 0.25) is 0 Å². The third-order valence-electron chi connectivity index (χ3n) is 5.00. The molecule has 0 amide bonds. The second kappa shape index (κ2) is 10.1. The Labute approximate surface area is 199 Å². The van der Waals surface area contributed by atoms with Crippen LogP contribution in [0.25, 0.3) is 12.2 Å². The maximum absolute atomic E-state index is 13.2. The summed E-state index contributed by atoms with van der Waals surface area (Å²) in [7, 11) is 0. The summed E-state index contributed by atoms with van der Waals surface area (Å²) in [5, 5.41) is 0.0536. The average Bonchev–Trinajstić information content (AvgIpc) is 2.83. The molecule has 0 fully saturated rings. The van der Waals surface area contributed by atoms with Crippen molar-refractivity contribution >= 4 is 17.9 Å². The van der Waals surface area contributed by atoms with Gasteiger partial charge in [0.1, 0.15) is 28.0 Å². The molecule has 0 unspecified atom stereocenters. The number of halogens is 1. The predicted molar refractivity (Wildman–Crippen MR) is 130 cm³/mol. The van der Waals surface area contributed by atoms with E-state index in [1.54, 1.807) is 42.6 Å². The Hall–Kier alpha value is -4.59. The van der Waals surface area contributed by atoms with Gasteiger partial charge in [0.05, 0.1) is 6.10 Å². The van der Waals surface area contributed by atoms with Gasteiger partial charge in [-0.1, -0.05) is 18.2 Å². The van der Waals surface area contributed by atoms with E-state index in [9.17, 15) is 18.8 Å². The molecule has 0 aliphatic heterocycles. The van der Waals surface area contributed by atoms with E-state index in [1.165, 1.54) is 36.4 Å². The topological polar surface area (TPSA) is 105 Å². The van der Waals surface area contributed by atoms with Crippen LogP contribution in [-0.4, -0.2) is 26.8 Å². The fourth-order valence-electron chi connectivity index (χ4n) is 3.40. The molecule has 0 aliphatic rings. The third-order valence-corrected chi connectivity index (χ3v) is 5.00. The number of aromatic amines is 2. The molecule has 0 saturated carbocycles. The number of nitrogens with one attached hydrogen (secondary N) is 2. The van der Waals surface area contributed by atoms with Crippen LogP contribution < -0.4 is 26.6 Å². The highest BCUT2D eigenvalue weighted by molar-refractivity contribution is 6.09. The second-order valence-corrected chi connectivity index (χ2v) is 8.04. The summed E-state index contributed by atoms with van der Waals surface area (Å²) in [6.07, 6.45) is 4.39. The minimum Gasteiger partial charge on any atom is -0.489 e. The first kappa shape index (κ1) is 23.6. The Morgan fingerprint density at radius 3 is 2.29 bits per heavy atom. The first-order chi connectivity index (χ1) is 16.8. The normalized spacial score (nSPS) is 12.2. The lowest BCUT2D eigenvalue weighted by molar-refractivity contribution is 0.103. The largest absolute Gasteiger partial charge is 0.489 e. The molecule has 2 N–H and O–H groups in total. The molecule has 176 valence electrons. The fraction of sp³-hybridized carbons (Fsp3) is 0.111. The van der Waals surface area contributed by atoms with Crippen LogP contribution in [0.1, 0.15) is 41.0 Å². The van der Waals surface area contributed by atoms with Crippen LogP contribution in [0.2, 0.25) is 0 Å². The number of carbonyl (C=O) groups is 1. The Balaban J connectivity index is 1.71. The molecule has 4 rings (SSSR count). The van der Waals surface area contributed by atoms with Crippen molar-refractivity contribution in [3.8, 4) is 5.75 Å². The highest BCUT2D eigenvalue weighted by Crippen LogP contribution is 2.17. The second-order valence-electron chi connectivity index (χ2n) is 8.04. The van der Waals surface area contributed by atoms with Gasteiger partial charge in [-0.25, -0.2) is 4.39 Å². The quantitative estimate of drug-likeness (QED) is 0.420. The molecule has 0 aliphatic carbocycles. The minimum atomic E-state index is -0.520. The molecule has 35 heavy (non-hydrogen) atoms. The molecule has 0 saturated heterocycles. The van der Waals surface area contributed by atoms with Crippen LogP contribution in [-0.2, 0) is 0 Å². The van der Waals surface area contributed by atoms with E-state index < -0.39 is 16.9 Å². The summed E-state index contributed by atoms with van der Waals surface area (Å²) < 4.78 is 18.9. The molecule has 7 nitrogen and oxygen atoms in total. The van der Waals surface area contributed by atoms with Gasteiger partial charge >= 0.3 is 0 Å². The van der Waals surface area contributed by atoms with Crippen molar-refractivity contribution in [2.24, 2.45) is 0 Å². The van der Waals surface area contributed by atoms with E-state index in [0.717, 1.165) is 0 Å². The van der Waals surface area contributed by atoms with Gasteiger partial charge in [-0.3, -0.25) is 19.4 Å². The molecule has 2 heterocycles. The van der Waals surface area contributed by atoms with Crippen LogP contribution in [0.15, 0.2) is 76.4 Å². The highest BCUT2D eigenvalue weighted by atomic mass is 19.1. The van der Waals surface area contributed by atoms with Gasteiger partial charge in [0, 0.05) is 17.3 Å². The molecular weight excluding hydrogens is 449 g/mol. The summed E-state index contributed by atoms with van der Waals surface area (Å²) in [6, 6.07) is 15.3. The minimum absolute atomic E-state index is 0.0261. The van der Waals surface area contributed by atoms with E-state index in [2.05, 4.69) is 15.0 Å². The Kier molecular flexibility index (Phi) is 6.82. The Bertz CT molecular complexity index is 1620. The van der Waals surface area contributed by atoms with Crippen molar-refractivity contribution in [2.75, 3.05) is 0 Å². The lowest BCUT2D eigenvalue weighted by Gasteiger charge is -2.11. The number of ketones is 1. The number of hydrogen-bond donors (Lipinski definition) is 2. The predicted octanol–water partition coefficient (Wildman–Crippen LogP) is 2.27. The van der Waals surface area contributed by atoms with E-state index in [0.29, 0.717) is 28.1 Å². The fourth-order valence-corrected chi connectivity index (χ4v) is 3.40. The first-order valence-corrected chi connectivity index (χ1v) is 10.9.